The third-order valence-electron chi connectivity index (χ3n) is 3.82. The zero-order chi connectivity index (χ0) is 15.5. The van der Waals surface area contributed by atoms with Crippen LogP contribution in [-0.4, -0.2) is 55.0 Å². The minimum atomic E-state index is -3.21. The fourth-order valence-corrected chi connectivity index (χ4v) is 4.85. The molecule has 118 valence electrons. The second-order valence-corrected chi connectivity index (χ2v) is 8.24. The minimum Gasteiger partial charge on any atom is -0.339 e. The standard InChI is InChI=1S/C14H22N2O3S2/c1-3-16(12(2)9-13-5-7-20-11-13)14(17)10-15-6-4-8-21(15,18)19/h5,7,11-12H,3-4,6,8-10H2,1-2H3. The smallest absolute Gasteiger partial charge is 0.238 e. The van der Waals surface area contributed by atoms with Gasteiger partial charge in [0.2, 0.25) is 15.9 Å². The molecule has 1 fully saturated rings. The quantitative estimate of drug-likeness (QED) is 0.795. The lowest BCUT2D eigenvalue weighted by atomic mass is 10.1. The summed E-state index contributed by atoms with van der Waals surface area (Å²) in [5.41, 5.74) is 1.22. The van der Waals surface area contributed by atoms with E-state index in [9.17, 15) is 13.2 Å². The van der Waals surface area contributed by atoms with Gasteiger partial charge in [0.1, 0.15) is 0 Å². The first-order valence-electron chi connectivity index (χ1n) is 7.22. The summed E-state index contributed by atoms with van der Waals surface area (Å²) in [7, 11) is -3.21. The van der Waals surface area contributed by atoms with Crippen molar-refractivity contribution in [1.29, 1.82) is 0 Å². The Bertz CT molecular complexity index is 569. The summed E-state index contributed by atoms with van der Waals surface area (Å²) in [4.78, 5) is 14.2. The molecule has 1 unspecified atom stereocenters. The second kappa shape index (κ2) is 6.89. The monoisotopic (exact) mass is 330 g/mol. The van der Waals surface area contributed by atoms with Gasteiger partial charge in [0.15, 0.2) is 0 Å². The van der Waals surface area contributed by atoms with Gasteiger partial charge in [-0.15, -0.1) is 0 Å². The van der Waals surface area contributed by atoms with E-state index in [0.717, 1.165) is 6.42 Å². The van der Waals surface area contributed by atoms with Gasteiger partial charge in [-0.05, 0) is 49.1 Å². The highest BCUT2D eigenvalue weighted by Gasteiger charge is 2.31. The average Bonchev–Trinajstić information content (AvgIpc) is 3.01. The Kier molecular flexibility index (Phi) is 5.40. The molecule has 2 rings (SSSR count). The van der Waals surface area contributed by atoms with Gasteiger partial charge in [-0.1, -0.05) is 0 Å². The molecule has 0 aromatic carbocycles. The number of nitrogens with zero attached hydrogens (tertiary/aromatic N) is 2. The number of sulfonamides is 1. The van der Waals surface area contributed by atoms with Crippen LogP contribution in [0, 0.1) is 0 Å². The van der Waals surface area contributed by atoms with Crippen molar-refractivity contribution < 1.29 is 13.2 Å². The van der Waals surface area contributed by atoms with Crippen molar-refractivity contribution in [2.75, 3.05) is 25.4 Å². The summed E-state index contributed by atoms with van der Waals surface area (Å²) in [5, 5.41) is 4.11. The Morgan fingerprint density at radius 1 is 1.52 bits per heavy atom. The molecule has 0 saturated carbocycles. The SMILES string of the molecule is CCN(C(=O)CN1CCCS1(=O)=O)C(C)Cc1ccsc1. The van der Waals surface area contributed by atoms with E-state index in [1.165, 1.54) is 9.87 Å². The summed E-state index contributed by atoms with van der Waals surface area (Å²) >= 11 is 1.64. The van der Waals surface area contributed by atoms with Crippen LogP contribution in [0.1, 0.15) is 25.8 Å². The van der Waals surface area contributed by atoms with Crippen molar-refractivity contribution >= 4 is 27.3 Å². The predicted octanol–water partition coefficient (Wildman–Crippen LogP) is 1.56. The van der Waals surface area contributed by atoms with E-state index in [1.807, 2.05) is 19.2 Å². The number of carbonyl (C=O) groups excluding carboxylic acids is 1. The summed E-state index contributed by atoms with van der Waals surface area (Å²) in [5.74, 6) is 0.0577. The summed E-state index contributed by atoms with van der Waals surface area (Å²) in [6, 6.07) is 2.13. The highest BCUT2D eigenvalue weighted by Crippen LogP contribution is 2.16. The number of rotatable bonds is 6. The largest absolute Gasteiger partial charge is 0.339 e. The molecule has 2 heterocycles. The molecule has 1 saturated heterocycles. The maximum atomic E-state index is 12.4. The molecule has 0 bridgehead atoms. The minimum absolute atomic E-state index is 0.0237. The highest BCUT2D eigenvalue weighted by atomic mass is 32.2. The molecule has 0 aliphatic carbocycles. The molecule has 0 N–H and O–H groups in total. The average molecular weight is 330 g/mol. The van der Waals surface area contributed by atoms with Crippen LogP contribution in [0.2, 0.25) is 0 Å². The Morgan fingerprint density at radius 2 is 2.29 bits per heavy atom. The maximum absolute atomic E-state index is 12.4. The number of hydrogen-bond acceptors (Lipinski definition) is 4. The molecular weight excluding hydrogens is 308 g/mol. The van der Waals surface area contributed by atoms with Crippen LogP contribution < -0.4 is 0 Å². The number of thiophene rings is 1. The van der Waals surface area contributed by atoms with Crippen LogP contribution in [0.5, 0.6) is 0 Å². The fourth-order valence-electron chi connectivity index (χ4n) is 2.70. The van der Waals surface area contributed by atoms with Gasteiger partial charge in [-0.25, -0.2) is 8.42 Å². The Morgan fingerprint density at radius 3 is 2.81 bits per heavy atom. The number of hydrogen-bond donors (Lipinski definition) is 0. The van der Waals surface area contributed by atoms with E-state index in [1.54, 1.807) is 16.2 Å². The zero-order valence-corrected chi connectivity index (χ0v) is 14.1. The fraction of sp³-hybridized carbons (Fsp3) is 0.643. The Hall–Kier alpha value is -0.920. The Labute approximate surface area is 130 Å². The molecule has 1 aromatic heterocycles. The molecule has 21 heavy (non-hydrogen) atoms. The molecule has 1 amide bonds. The second-order valence-electron chi connectivity index (χ2n) is 5.37. The molecule has 0 radical (unpaired) electrons. The van der Waals surface area contributed by atoms with Crippen molar-refractivity contribution in [3.8, 4) is 0 Å². The van der Waals surface area contributed by atoms with Crippen LogP contribution in [0.4, 0.5) is 0 Å². The van der Waals surface area contributed by atoms with Crippen molar-refractivity contribution in [2.24, 2.45) is 0 Å². The molecule has 1 aliphatic rings. The first kappa shape index (κ1) is 16.5. The van der Waals surface area contributed by atoms with Crippen molar-refractivity contribution in [1.82, 2.24) is 9.21 Å². The number of amides is 1. The molecule has 1 aliphatic heterocycles. The first-order valence-corrected chi connectivity index (χ1v) is 9.77. The van der Waals surface area contributed by atoms with Gasteiger partial charge in [0.05, 0.1) is 12.3 Å². The maximum Gasteiger partial charge on any atom is 0.238 e. The lowest BCUT2D eigenvalue weighted by Crippen LogP contribution is -2.45. The third kappa shape index (κ3) is 4.05. The van der Waals surface area contributed by atoms with Crippen molar-refractivity contribution in [3.63, 3.8) is 0 Å². The summed E-state index contributed by atoms with van der Waals surface area (Å²) < 4.78 is 24.9. The topological polar surface area (TPSA) is 57.7 Å². The Balaban J connectivity index is 1.98. The van der Waals surface area contributed by atoms with E-state index >= 15 is 0 Å². The normalized spacial score (nSPS) is 19.5. The third-order valence-corrected chi connectivity index (χ3v) is 6.45. The van der Waals surface area contributed by atoms with E-state index in [-0.39, 0.29) is 24.2 Å². The first-order chi connectivity index (χ1) is 9.94. The van der Waals surface area contributed by atoms with Crippen LogP contribution >= 0.6 is 11.3 Å². The molecule has 1 aromatic rings. The lowest BCUT2D eigenvalue weighted by Gasteiger charge is -2.29. The summed E-state index contributed by atoms with van der Waals surface area (Å²) in [6.07, 6.45) is 1.42. The van der Waals surface area contributed by atoms with Gasteiger partial charge in [0.25, 0.3) is 0 Å². The molecular formula is C14H22N2O3S2. The predicted molar refractivity (Wildman–Crippen MR) is 84.8 cm³/mol. The zero-order valence-electron chi connectivity index (χ0n) is 12.5. The van der Waals surface area contributed by atoms with Gasteiger partial charge in [-0.2, -0.15) is 15.6 Å². The number of carbonyl (C=O) groups is 1. The van der Waals surface area contributed by atoms with Crippen LogP contribution in [0.3, 0.4) is 0 Å². The molecule has 7 heteroatoms. The molecule has 0 spiro atoms. The van der Waals surface area contributed by atoms with Crippen molar-refractivity contribution in [2.45, 2.75) is 32.7 Å². The lowest BCUT2D eigenvalue weighted by molar-refractivity contribution is -0.133. The van der Waals surface area contributed by atoms with Gasteiger partial charge in [-0.3, -0.25) is 4.79 Å². The summed E-state index contributed by atoms with van der Waals surface area (Å²) in [6.45, 7) is 4.98. The van der Waals surface area contributed by atoms with E-state index < -0.39 is 10.0 Å². The van der Waals surface area contributed by atoms with E-state index in [0.29, 0.717) is 19.5 Å². The van der Waals surface area contributed by atoms with Gasteiger partial charge in [0, 0.05) is 19.1 Å². The molecule has 5 nitrogen and oxygen atoms in total. The van der Waals surface area contributed by atoms with E-state index in [2.05, 4.69) is 11.4 Å². The van der Waals surface area contributed by atoms with Crippen molar-refractivity contribution in [3.05, 3.63) is 22.4 Å². The van der Waals surface area contributed by atoms with Crippen LogP contribution in [-0.2, 0) is 21.2 Å². The highest BCUT2D eigenvalue weighted by molar-refractivity contribution is 7.89. The van der Waals surface area contributed by atoms with Gasteiger partial charge >= 0.3 is 0 Å². The van der Waals surface area contributed by atoms with E-state index in [4.69, 9.17) is 0 Å². The molecule has 1 atom stereocenters. The van der Waals surface area contributed by atoms with Gasteiger partial charge < -0.3 is 4.90 Å². The number of likely N-dealkylation sites (N-methyl/N-ethyl adjacent to an activating group) is 1. The van der Waals surface area contributed by atoms with Crippen LogP contribution in [0.25, 0.3) is 0 Å². The van der Waals surface area contributed by atoms with Crippen LogP contribution in [0.15, 0.2) is 16.8 Å².